The number of hydrogen-bond donors (Lipinski definition) is 1. The van der Waals surface area contributed by atoms with Gasteiger partial charge in [-0.15, -0.1) is 0 Å². The van der Waals surface area contributed by atoms with Crippen molar-refractivity contribution < 1.29 is 0 Å². The average molecular weight is 718 g/mol. The van der Waals surface area contributed by atoms with E-state index in [1.807, 2.05) is 0 Å². The number of amidine groups is 1. The Kier molecular flexibility index (Phi) is 7.84. The molecule has 3 heteroatoms. The predicted octanol–water partition coefficient (Wildman–Crippen LogP) is 12.0. The third kappa shape index (κ3) is 5.67. The Morgan fingerprint density at radius 2 is 1.34 bits per heavy atom. The fraction of sp³-hybridized carbons (Fsp3) is 0.0943. The van der Waals surface area contributed by atoms with E-state index in [4.69, 9.17) is 9.98 Å². The van der Waals surface area contributed by atoms with Crippen molar-refractivity contribution in [3.05, 3.63) is 239 Å². The van der Waals surface area contributed by atoms with Crippen molar-refractivity contribution in [2.75, 3.05) is 0 Å². The normalized spacial score (nSPS) is 21.9. The molecule has 2 heterocycles. The van der Waals surface area contributed by atoms with Gasteiger partial charge < -0.3 is 5.32 Å². The first kappa shape index (κ1) is 32.6. The first-order chi connectivity index (χ1) is 27.7. The first-order valence-electron chi connectivity index (χ1n) is 19.7. The Bertz CT molecular complexity index is 2850. The molecule has 5 aliphatic rings. The van der Waals surface area contributed by atoms with Crippen LogP contribution in [0.25, 0.3) is 32.7 Å². The third-order valence-corrected chi connectivity index (χ3v) is 12.0. The summed E-state index contributed by atoms with van der Waals surface area (Å²) in [5, 5.41) is 8.49. The van der Waals surface area contributed by atoms with Gasteiger partial charge in [-0.3, -0.25) is 4.99 Å². The lowest BCUT2D eigenvalue weighted by molar-refractivity contribution is 0.689. The summed E-state index contributed by atoms with van der Waals surface area (Å²) >= 11 is 0. The minimum Gasteiger partial charge on any atom is -0.380 e. The number of benzene rings is 6. The maximum atomic E-state index is 5.41. The summed E-state index contributed by atoms with van der Waals surface area (Å²) in [6, 6.07) is 46.7. The molecule has 0 saturated carbocycles. The summed E-state index contributed by atoms with van der Waals surface area (Å²) in [6.45, 7) is 0. The van der Waals surface area contributed by atoms with Crippen LogP contribution in [0.2, 0.25) is 0 Å². The van der Waals surface area contributed by atoms with Crippen LogP contribution in [-0.2, 0) is 0 Å². The molecular weight excluding hydrogens is 679 g/mol. The lowest BCUT2D eigenvalue weighted by Gasteiger charge is -2.31. The summed E-state index contributed by atoms with van der Waals surface area (Å²) in [4.78, 5) is 10.8. The van der Waals surface area contributed by atoms with Crippen LogP contribution in [0.1, 0.15) is 57.3 Å². The minimum atomic E-state index is -0.0852. The zero-order valence-corrected chi connectivity index (χ0v) is 30.9. The quantitative estimate of drug-likeness (QED) is 0.177. The van der Waals surface area contributed by atoms with E-state index < -0.39 is 0 Å². The highest BCUT2D eigenvalue weighted by atomic mass is 15.0. The fourth-order valence-electron chi connectivity index (χ4n) is 9.15. The SMILES string of the molecule is C1=CC2=CC(c3ccc(C4=NC(c5ccc(C6=CC7C=CC=CC7c7ccccc76)cc5)CC(c5cc6ccccc6c6ccccc56)=N4)cc3)=CNC2C=C1. The van der Waals surface area contributed by atoms with Gasteiger partial charge in [-0.25, -0.2) is 4.99 Å². The molecule has 2 aliphatic heterocycles. The molecule has 11 rings (SSSR count). The number of nitrogens with zero attached hydrogens (tertiary/aromatic N) is 2. The van der Waals surface area contributed by atoms with E-state index in [1.165, 1.54) is 66.1 Å². The molecule has 0 spiro atoms. The summed E-state index contributed by atoms with van der Waals surface area (Å²) < 4.78 is 0. The van der Waals surface area contributed by atoms with Gasteiger partial charge in [-0.2, -0.15) is 0 Å². The van der Waals surface area contributed by atoms with Crippen LogP contribution in [0.5, 0.6) is 0 Å². The first-order valence-corrected chi connectivity index (χ1v) is 19.7. The maximum Gasteiger partial charge on any atom is 0.155 e. The molecule has 0 amide bonds. The average Bonchev–Trinajstić information content (AvgIpc) is 3.28. The smallest absolute Gasteiger partial charge is 0.155 e. The molecule has 3 aliphatic carbocycles. The van der Waals surface area contributed by atoms with Crippen molar-refractivity contribution in [2.45, 2.75) is 24.4 Å². The summed E-state index contributed by atoms with van der Waals surface area (Å²) in [7, 11) is 0. The van der Waals surface area contributed by atoms with Crippen LogP contribution in [0, 0.1) is 5.92 Å². The van der Waals surface area contributed by atoms with Gasteiger partial charge in [-0.1, -0.05) is 176 Å². The topological polar surface area (TPSA) is 36.8 Å². The van der Waals surface area contributed by atoms with Crippen molar-refractivity contribution in [1.29, 1.82) is 0 Å². The molecule has 4 atom stereocenters. The van der Waals surface area contributed by atoms with Gasteiger partial charge in [0.25, 0.3) is 0 Å². The van der Waals surface area contributed by atoms with Crippen LogP contribution in [-0.4, -0.2) is 17.6 Å². The highest BCUT2D eigenvalue weighted by molar-refractivity contribution is 6.22. The van der Waals surface area contributed by atoms with E-state index in [-0.39, 0.29) is 12.1 Å². The largest absolute Gasteiger partial charge is 0.380 e. The Labute approximate surface area is 327 Å². The van der Waals surface area contributed by atoms with E-state index in [1.54, 1.807) is 0 Å². The summed E-state index contributed by atoms with van der Waals surface area (Å²) in [6.07, 6.45) is 25.2. The molecule has 3 nitrogen and oxygen atoms in total. The number of dihydropyridines is 1. The van der Waals surface area contributed by atoms with Crippen molar-refractivity contribution >= 4 is 44.2 Å². The minimum absolute atomic E-state index is 0.0852. The lowest BCUT2D eigenvalue weighted by atomic mass is 9.73. The van der Waals surface area contributed by atoms with Crippen molar-refractivity contribution in [3.63, 3.8) is 0 Å². The number of allylic oxidation sites excluding steroid dienone is 9. The predicted molar refractivity (Wildman–Crippen MR) is 234 cm³/mol. The molecule has 4 unspecified atom stereocenters. The van der Waals surface area contributed by atoms with E-state index in [9.17, 15) is 0 Å². The Morgan fingerprint density at radius 3 is 2.23 bits per heavy atom. The molecule has 266 valence electrons. The van der Waals surface area contributed by atoms with Crippen molar-refractivity contribution in [2.24, 2.45) is 15.9 Å². The molecule has 0 bridgehead atoms. The van der Waals surface area contributed by atoms with Gasteiger partial charge in [-0.05, 0) is 78.2 Å². The highest BCUT2D eigenvalue weighted by Gasteiger charge is 2.29. The lowest BCUT2D eigenvalue weighted by Crippen LogP contribution is -2.27. The molecule has 0 fully saturated rings. The maximum absolute atomic E-state index is 5.41. The zero-order valence-electron chi connectivity index (χ0n) is 30.9. The number of nitrogens with one attached hydrogen (secondary N) is 1. The zero-order chi connectivity index (χ0) is 37.0. The fourth-order valence-corrected chi connectivity index (χ4v) is 9.15. The monoisotopic (exact) mass is 717 g/mol. The number of aliphatic imine (C=N–C) groups is 2. The van der Waals surface area contributed by atoms with Gasteiger partial charge in [0.1, 0.15) is 0 Å². The van der Waals surface area contributed by atoms with Gasteiger partial charge in [0.15, 0.2) is 5.84 Å². The summed E-state index contributed by atoms with van der Waals surface area (Å²) in [5.41, 5.74) is 13.3. The van der Waals surface area contributed by atoms with Crippen LogP contribution >= 0.6 is 0 Å². The molecule has 56 heavy (non-hydrogen) atoms. The second kappa shape index (κ2) is 13.5. The molecule has 0 aromatic heterocycles. The van der Waals surface area contributed by atoms with Gasteiger partial charge in [0, 0.05) is 35.6 Å². The van der Waals surface area contributed by atoms with E-state index in [0.717, 1.165) is 22.7 Å². The van der Waals surface area contributed by atoms with Gasteiger partial charge >= 0.3 is 0 Å². The Hall–Kier alpha value is -6.84. The number of hydrogen-bond acceptors (Lipinski definition) is 3. The number of fused-ring (bicyclic) bond motifs is 7. The second-order valence-electron chi connectivity index (χ2n) is 15.3. The molecular formula is C53H39N3. The van der Waals surface area contributed by atoms with Crippen LogP contribution < -0.4 is 5.32 Å². The van der Waals surface area contributed by atoms with E-state index in [2.05, 4.69) is 200 Å². The van der Waals surface area contributed by atoms with E-state index >= 15 is 0 Å². The molecule has 1 N–H and O–H groups in total. The molecule has 0 radical (unpaired) electrons. The van der Waals surface area contributed by atoms with Crippen LogP contribution in [0.3, 0.4) is 0 Å². The standard InChI is InChI=1S/C53H39N3/c1-4-14-42-38(11-1)30-48(46-18-8-6-16-44(42)46)35-23-25-36(26-24-35)51-32-52(49-31-39-12-2-5-15-43(39)45-17-7-9-19-47(45)49)56-53(55-51)37-27-21-34(22-28-37)41-29-40-13-3-10-20-50(40)54-33-41/h1-31,33,38,42,50-51,54H,32H2. The Balaban J connectivity index is 0.984. The third-order valence-electron chi connectivity index (χ3n) is 12.0. The van der Waals surface area contributed by atoms with Crippen LogP contribution in [0.15, 0.2) is 210 Å². The highest BCUT2D eigenvalue weighted by Crippen LogP contribution is 2.44. The summed E-state index contributed by atoms with van der Waals surface area (Å²) in [5.74, 6) is 1.52. The Morgan fingerprint density at radius 1 is 0.607 bits per heavy atom. The van der Waals surface area contributed by atoms with Crippen molar-refractivity contribution in [3.8, 4) is 0 Å². The molecule has 6 aromatic carbocycles. The van der Waals surface area contributed by atoms with Gasteiger partial charge in [0.2, 0.25) is 0 Å². The second-order valence-corrected chi connectivity index (χ2v) is 15.3. The molecule has 0 saturated heterocycles. The number of rotatable bonds is 5. The van der Waals surface area contributed by atoms with Gasteiger partial charge in [0.05, 0.1) is 17.8 Å². The van der Waals surface area contributed by atoms with Crippen LogP contribution in [0.4, 0.5) is 0 Å². The van der Waals surface area contributed by atoms with Crippen molar-refractivity contribution in [1.82, 2.24) is 5.32 Å². The van der Waals surface area contributed by atoms with E-state index in [0.29, 0.717) is 18.3 Å². The molecule has 6 aromatic rings.